The number of anilines is 1. The van der Waals surface area contributed by atoms with Gasteiger partial charge in [-0.3, -0.25) is 0 Å². The molecule has 0 atom stereocenters. The average molecular weight is 241 g/mol. The minimum atomic E-state index is -0.132. The second-order valence-electron chi connectivity index (χ2n) is 3.61. The Bertz CT molecular complexity index is 355. The number of allylic oxidation sites excluding steroid dienone is 1. The number of aliphatic hydroxyl groups excluding tert-OH is 1. The summed E-state index contributed by atoms with van der Waals surface area (Å²) in [5.41, 5.74) is 0.523. The highest BCUT2D eigenvalue weighted by atomic mass is 35.5. The van der Waals surface area contributed by atoms with Crippen molar-refractivity contribution in [3.8, 4) is 0 Å². The van der Waals surface area contributed by atoms with E-state index in [1.54, 1.807) is 6.07 Å². The van der Waals surface area contributed by atoms with Crippen LogP contribution in [0.3, 0.4) is 0 Å². The highest BCUT2D eigenvalue weighted by Gasteiger charge is 2.06. The lowest BCUT2D eigenvalue weighted by Crippen LogP contribution is -2.20. The smallest absolute Gasteiger partial charge is 0.128 e. The Morgan fingerprint density at radius 2 is 2.31 bits per heavy atom. The van der Waals surface area contributed by atoms with Gasteiger partial charge in [-0.15, -0.1) is 6.58 Å². The van der Waals surface area contributed by atoms with E-state index in [2.05, 4.69) is 11.6 Å². The maximum Gasteiger partial charge on any atom is 0.128 e. The number of aliphatic hydroxyl groups is 1. The minimum Gasteiger partial charge on any atom is -0.390 e. The maximum absolute atomic E-state index is 9.06. The fourth-order valence-corrected chi connectivity index (χ4v) is 1.55. The number of pyridine rings is 1. The van der Waals surface area contributed by atoms with E-state index in [-0.39, 0.29) is 6.61 Å². The number of unbranched alkanes of at least 4 members (excludes halogenated alkanes) is 1. The lowest BCUT2D eigenvalue weighted by Gasteiger charge is -2.18. The van der Waals surface area contributed by atoms with Crippen molar-refractivity contribution in [1.29, 1.82) is 0 Å². The van der Waals surface area contributed by atoms with E-state index in [1.807, 2.05) is 24.1 Å². The molecular weight excluding hydrogens is 224 g/mol. The molecule has 0 amide bonds. The fourth-order valence-electron chi connectivity index (χ4n) is 1.38. The number of nitrogens with zero attached hydrogens (tertiary/aromatic N) is 2. The molecule has 0 fully saturated rings. The standard InChI is InChI=1S/C12H17ClN2O/c1-3-4-5-8-15(2)12-7-6-10(13)11(9-16)14-12/h3,6-7,16H,1,4-5,8-9H2,2H3. The van der Waals surface area contributed by atoms with Crippen LogP contribution in [0.25, 0.3) is 0 Å². The fraction of sp³-hybridized carbons (Fsp3) is 0.417. The molecule has 1 aromatic heterocycles. The highest BCUT2D eigenvalue weighted by Crippen LogP contribution is 2.18. The first-order valence-electron chi connectivity index (χ1n) is 5.27. The molecule has 0 spiro atoms. The second-order valence-corrected chi connectivity index (χ2v) is 4.02. The molecular formula is C12H17ClN2O. The molecule has 3 nitrogen and oxygen atoms in total. The molecule has 0 radical (unpaired) electrons. The van der Waals surface area contributed by atoms with Crippen molar-refractivity contribution in [1.82, 2.24) is 4.98 Å². The summed E-state index contributed by atoms with van der Waals surface area (Å²) in [7, 11) is 1.97. The van der Waals surface area contributed by atoms with Gasteiger partial charge >= 0.3 is 0 Å². The van der Waals surface area contributed by atoms with Gasteiger partial charge in [0.25, 0.3) is 0 Å². The van der Waals surface area contributed by atoms with E-state index < -0.39 is 0 Å². The van der Waals surface area contributed by atoms with Gasteiger partial charge in [-0.2, -0.15) is 0 Å². The predicted octanol–water partition coefficient (Wildman–Crippen LogP) is 2.63. The molecule has 1 N–H and O–H groups in total. The van der Waals surface area contributed by atoms with Crippen LogP contribution >= 0.6 is 11.6 Å². The Labute approximate surface area is 101 Å². The van der Waals surface area contributed by atoms with Gasteiger partial charge in [0.15, 0.2) is 0 Å². The number of hydrogen-bond donors (Lipinski definition) is 1. The normalized spacial score (nSPS) is 10.2. The van der Waals surface area contributed by atoms with Crippen molar-refractivity contribution in [3.05, 3.63) is 35.5 Å². The molecule has 1 heterocycles. The summed E-state index contributed by atoms with van der Waals surface area (Å²) in [6.45, 7) is 4.46. The Hall–Kier alpha value is -1.06. The van der Waals surface area contributed by atoms with Crippen LogP contribution in [-0.4, -0.2) is 23.7 Å². The first-order valence-corrected chi connectivity index (χ1v) is 5.65. The molecule has 0 bridgehead atoms. The van der Waals surface area contributed by atoms with Crippen LogP contribution in [0.2, 0.25) is 5.02 Å². The molecule has 0 aliphatic rings. The van der Waals surface area contributed by atoms with Gasteiger partial charge < -0.3 is 10.0 Å². The van der Waals surface area contributed by atoms with Crippen LogP contribution in [0.1, 0.15) is 18.5 Å². The van der Waals surface area contributed by atoms with Crippen molar-refractivity contribution >= 4 is 17.4 Å². The number of hydrogen-bond acceptors (Lipinski definition) is 3. The molecule has 4 heteroatoms. The molecule has 1 aromatic rings. The Morgan fingerprint density at radius 1 is 1.56 bits per heavy atom. The maximum atomic E-state index is 9.06. The molecule has 0 aliphatic carbocycles. The zero-order valence-corrected chi connectivity index (χ0v) is 10.2. The Morgan fingerprint density at radius 3 is 2.94 bits per heavy atom. The monoisotopic (exact) mass is 240 g/mol. The topological polar surface area (TPSA) is 36.4 Å². The largest absolute Gasteiger partial charge is 0.390 e. The van der Waals surface area contributed by atoms with E-state index in [4.69, 9.17) is 16.7 Å². The summed E-state index contributed by atoms with van der Waals surface area (Å²) >= 11 is 5.87. The predicted molar refractivity (Wildman–Crippen MR) is 67.9 cm³/mol. The lowest BCUT2D eigenvalue weighted by atomic mass is 10.3. The first-order chi connectivity index (χ1) is 7.69. The summed E-state index contributed by atoms with van der Waals surface area (Å²) in [5.74, 6) is 0.831. The number of halogens is 1. The van der Waals surface area contributed by atoms with Crippen molar-refractivity contribution in [2.45, 2.75) is 19.4 Å². The average Bonchev–Trinajstić information content (AvgIpc) is 2.30. The molecule has 0 saturated heterocycles. The molecule has 0 aliphatic heterocycles. The van der Waals surface area contributed by atoms with Crippen molar-refractivity contribution in [2.24, 2.45) is 0 Å². The summed E-state index contributed by atoms with van der Waals surface area (Å²) in [6.07, 6.45) is 3.94. The van der Waals surface area contributed by atoms with Gasteiger partial charge in [0.1, 0.15) is 5.82 Å². The molecule has 88 valence electrons. The third-order valence-electron chi connectivity index (χ3n) is 2.35. The van der Waals surface area contributed by atoms with E-state index >= 15 is 0 Å². The van der Waals surface area contributed by atoms with Crippen LogP contribution in [-0.2, 0) is 6.61 Å². The van der Waals surface area contributed by atoms with Crippen LogP contribution in [0, 0.1) is 0 Å². The SMILES string of the molecule is C=CCCCN(C)c1ccc(Cl)c(CO)n1. The van der Waals surface area contributed by atoms with E-state index in [0.29, 0.717) is 10.7 Å². The summed E-state index contributed by atoms with van der Waals surface area (Å²) in [5, 5.41) is 9.57. The quantitative estimate of drug-likeness (QED) is 0.614. The minimum absolute atomic E-state index is 0.132. The van der Waals surface area contributed by atoms with E-state index in [9.17, 15) is 0 Å². The number of rotatable bonds is 6. The number of aromatic nitrogens is 1. The first kappa shape index (κ1) is 13.0. The second kappa shape index (κ2) is 6.51. The zero-order valence-electron chi connectivity index (χ0n) is 9.49. The van der Waals surface area contributed by atoms with Crippen LogP contribution in [0.4, 0.5) is 5.82 Å². The van der Waals surface area contributed by atoms with E-state index in [0.717, 1.165) is 25.2 Å². The molecule has 0 aromatic carbocycles. The van der Waals surface area contributed by atoms with Gasteiger partial charge in [0.05, 0.1) is 17.3 Å². The molecule has 1 rings (SSSR count). The van der Waals surface area contributed by atoms with Crippen molar-refractivity contribution in [2.75, 3.05) is 18.5 Å². The zero-order chi connectivity index (χ0) is 12.0. The molecule has 0 unspecified atom stereocenters. The Kier molecular flexibility index (Phi) is 5.29. The summed E-state index contributed by atoms with van der Waals surface area (Å²) < 4.78 is 0. The third-order valence-corrected chi connectivity index (χ3v) is 2.69. The van der Waals surface area contributed by atoms with Crippen molar-refractivity contribution < 1.29 is 5.11 Å². The van der Waals surface area contributed by atoms with Crippen molar-refractivity contribution in [3.63, 3.8) is 0 Å². The van der Waals surface area contributed by atoms with Gasteiger partial charge in [0, 0.05) is 13.6 Å². The summed E-state index contributed by atoms with van der Waals surface area (Å²) in [4.78, 5) is 6.33. The van der Waals surface area contributed by atoms with Gasteiger partial charge in [0.2, 0.25) is 0 Å². The Balaban J connectivity index is 2.67. The van der Waals surface area contributed by atoms with Crippen LogP contribution in [0.5, 0.6) is 0 Å². The van der Waals surface area contributed by atoms with Gasteiger partial charge in [-0.25, -0.2) is 4.98 Å². The van der Waals surface area contributed by atoms with E-state index in [1.165, 1.54) is 0 Å². The summed E-state index contributed by atoms with van der Waals surface area (Å²) in [6, 6.07) is 3.62. The molecule has 0 saturated carbocycles. The lowest BCUT2D eigenvalue weighted by molar-refractivity contribution is 0.277. The highest BCUT2D eigenvalue weighted by molar-refractivity contribution is 6.31. The van der Waals surface area contributed by atoms with Crippen LogP contribution < -0.4 is 4.90 Å². The van der Waals surface area contributed by atoms with Gasteiger partial charge in [-0.1, -0.05) is 17.7 Å². The van der Waals surface area contributed by atoms with Crippen LogP contribution in [0.15, 0.2) is 24.8 Å². The third kappa shape index (κ3) is 3.51. The van der Waals surface area contributed by atoms with Gasteiger partial charge in [-0.05, 0) is 25.0 Å². The molecule has 16 heavy (non-hydrogen) atoms.